The van der Waals surface area contributed by atoms with Crippen LogP contribution in [0.3, 0.4) is 0 Å². The molecule has 1 aliphatic rings. The Morgan fingerprint density at radius 3 is 2.78 bits per heavy atom. The molecule has 1 amide bonds. The van der Waals surface area contributed by atoms with Gasteiger partial charge in [0.05, 0.1) is 5.52 Å². The number of amides is 1. The first kappa shape index (κ1) is 24.0. The van der Waals surface area contributed by atoms with E-state index < -0.39 is 11.7 Å². The molecule has 0 saturated carbocycles. The number of nitrogens with two attached hydrogens (primary N) is 1. The number of benzene rings is 2. The second-order valence-corrected chi connectivity index (χ2v) is 7.98. The first-order chi connectivity index (χ1) is 15.0. The van der Waals surface area contributed by atoms with Crippen LogP contribution in [0.2, 0.25) is 0 Å². The molecule has 0 saturated heterocycles. The minimum Gasteiger partial charge on any atom is -0.489 e. The zero-order valence-corrected chi connectivity index (χ0v) is 18.8. The van der Waals surface area contributed by atoms with Crippen molar-refractivity contribution >= 4 is 29.2 Å². The lowest BCUT2D eigenvalue weighted by atomic mass is 9.95. The van der Waals surface area contributed by atoms with Crippen LogP contribution in [0.25, 0.3) is 10.9 Å². The van der Waals surface area contributed by atoms with E-state index in [0.717, 1.165) is 43.4 Å². The first-order valence-corrected chi connectivity index (χ1v) is 10.7. The van der Waals surface area contributed by atoms with Crippen molar-refractivity contribution < 1.29 is 18.3 Å². The van der Waals surface area contributed by atoms with Gasteiger partial charge in [-0.15, -0.1) is 12.4 Å². The standard InChI is InChI=1S/C24H27F2N3O2.ClH/c1-2-28(10-3-4-11-29-12-9-16-5-6-17(25)13-22(16)29)18-14-20-19(24(27)30)7-8-21(26)23(20)31-15-18;/h5-9,12-13,18H,2-4,10-11,14-15H2,1H3,(H2,27,30);1H. The number of fused-ring (bicyclic) bond motifs is 2. The molecule has 0 spiro atoms. The van der Waals surface area contributed by atoms with Crippen molar-refractivity contribution in [1.29, 1.82) is 0 Å². The largest absolute Gasteiger partial charge is 0.489 e. The van der Waals surface area contributed by atoms with E-state index in [-0.39, 0.29) is 30.0 Å². The van der Waals surface area contributed by atoms with E-state index in [1.807, 2.05) is 12.3 Å². The summed E-state index contributed by atoms with van der Waals surface area (Å²) in [6, 6.07) is 9.56. The molecule has 1 unspecified atom stereocenters. The fraction of sp³-hybridized carbons (Fsp3) is 0.375. The summed E-state index contributed by atoms with van der Waals surface area (Å²) in [4.78, 5) is 14.1. The summed E-state index contributed by atoms with van der Waals surface area (Å²) >= 11 is 0. The molecule has 0 fully saturated rings. The van der Waals surface area contributed by atoms with Crippen molar-refractivity contribution in [3.8, 4) is 5.75 Å². The Morgan fingerprint density at radius 2 is 2.03 bits per heavy atom. The second-order valence-electron chi connectivity index (χ2n) is 7.98. The molecular weight excluding hydrogens is 436 g/mol. The molecule has 1 aromatic heterocycles. The molecule has 0 aliphatic carbocycles. The molecular formula is C24H28ClF2N3O2. The van der Waals surface area contributed by atoms with E-state index in [0.29, 0.717) is 24.2 Å². The van der Waals surface area contributed by atoms with Crippen molar-refractivity contribution in [1.82, 2.24) is 9.47 Å². The van der Waals surface area contributed by atoms with Crippen molar-refractivity contribution in [2.24, 2.45) is 5.73 Å². The third-order valence-electron chi connectivity index (χ3n) is 6.09. The average molecular weight is 464 g/mol. The Morgan fingerprint density at radius 1 is 1.22 bits per heavy atom. The molecule has 2 heterocycles. The molecule has 5 nitrogen and oxygen atoms in total. The highest BCUT2D eigenvalue weighted by Gasteiger charge is 2.29. The number of unbranched alkanes of at least 4 members (excludes halogenated alkanes) is 1. The summed E-state index contributed by atoms with van der Waals surface area (Å²) in [7, 11) is 0. The molecule has 0 bridgehead atoms. The number of aryl methyl sites for hydroxylation is 1. The van der Waals surface area contributed by atoms with Gasteiger partial charge >= 0.3 is 0 Å². The number of rotatable bonds is 8. The fourth-order valence-electron chi connectivity index (χ4n) is 4.45. The highest BCUT2D eigenvalue weighted by atomic mass is 35.5. The van der Waals surface area contributed by atoms with Crippen molar-refractivity contribution in [3.05, 3.63) is 65.4 Å². The minimum atomic E-state index is -0.570. The van der Waals surface area contributed by atoms with Crippen molar-refractivity contribution in [2.75, 3.05) is 19.7 Å². The zero-order valence-electron chi connectivity index (χ0n) is 18.0. The van der Waals surface area contributed by atoms with Gasteiger partial charge in [-0.1, -0.05) is 6.92 Å². The lowest BCUT2D eigenvalue weighted by molar-refractivity contribution is 0.0987. The lowest BCUT2D eigenvalue weighted by Gasteiger charge is -2.35. The number of aromatic nitrogens is 1. The van der Waals surface area contributed by atoms with Gasteiger partial charge in [-0.25, -0.2) is 8.78 Å². The van der Waals surface area contributed by atoms with E-state index in [2.05, 4.69) is 16.4 Å². The van der Waals surface area contributed by atoms with Gasteiger partial charge in [0.2, 0.25) is 5.91 Å². The number of ether oxygens (including phenoxy) is 1. The van der Waals surface area contributed by atoms with Gasteiger partial charge in [-0.3, -0.25) is 9.69 Å². The normalized spacial score (nSPS) is 15.3. The summed E-state index contributed by atoms with van der Waals surface area (Å²) in [6.07, 6.45) is 4.42. The Bertz CT molecular complexity index is 1100. The first-order valence-electron chi connectivity index (χ1n) is 10.7. The Hall–Kier alpha value is -2.64. The van der Waals surface area contributed by atoms with E-state index in [1.165, 1.54) is 18.2 Å². The van der Waals surface area contributed by atoms with E-state index in [9.17, 15) is 13.6 Å². The predicted molar refractivity (Wildman–Crippen MR) is 124 cm³/mol. The summed E-state index contributed by atoms with van der Waals surface area (Å²) in [5, 5.41) is 1.03. The van der Waals surface area contributed by atoms with Gasteiger partial charge in [0.25, 0.3) is 0 Å². The van der Waals surface area contributed by atoms with Gasteiger partial charge in [-0.05, 0) is 74.1 Å². The third-order valence-corrected chi connectivity index (χ3v) is 6.09. The maximum atomic E-state index is 14.1. The molecule has 0 radical (unpaired) electrons. The van der Waals surface area contributed by atoms with Crippen LogP contribution in [-0.2, 0) is 13.0 Å². The molecule has 2 N–H and O–H groups in total. The number of nitrogens with zero attached hydrogens (tertiary/aromatic N) is 2. The van der Waals surface area contributed by atoms with Crippen molar-refractivity contribution in [3.63, 3.8) is 0 Å². The number of halogens is 3. The van der Waals surface area contributed by atoms with Gasteiger partial charge in [-0.2, -0.15) is 0 Å². The molecule has 4 rings (SSSR count). The van der Waals surface area contributed by atoms with Gasteiger partial charge in [0, 0.05) is 29.9 Å². The van der Waals surface area contributed by atoms with E-state index in [4.69, 9.17) is 10.5 Å². The predicted octanol–water partition coefficient (Wildman–Crippen LogP) is 4.55. The Kier molecular flexibility index (Phi) is 7.74. The number of primary amides is 1. The molecule has 1 atom stereocenters. The molecule has 32 heavy (non-hydrogen) atoms. The van der Waals surface area contributed by atoms with Gasteiger partial charge < -0.3 is 15.0 Å². The number of hydrogen-bond donors (Lipinski definition) is 1. The monoisotopic (exact) mass is 463 g/mol. The van der Waals surface area contributed by atoms with Crippen molar-refractivity contribution in [2.45, 2.75) is 38.8 Å². The summed E-state index contributed by atoms with van der Waals surface area (Å²) < 4.78 is 35.5. The van der Waals surface area contributed by atoms with Crippen LogP contribution in [0, 0.1) is 11.6 Å². The molecule has 172 valence electrons. The summed E-state index contributed by atoms with van der Waals surface area (Å²) in [6.45, 7) is 4.95. The van der Waals surface area contributed by atoms with Crippen LogP contribution in [0.4, 0.5) is 8.78 Å². The topological polar surface area (TPSA) is 60.5 Å². The summed E-state index contributed by atoms with van der Waals surface area (Å²) in [5.41, 5.74) is 7.27. The second kappa shape index (κ2) is 10.3. The van der Waals surface area contributed by atoms with E-state index in [1.54, 1.807) is 12.1 Å². The van der Waals surface area contributed by atoms with Crippen LogP contribution in [0.1, 0.15) is 35.7 Å². The minimum absolute atomic E-state index is 0. The third kappa shape index (κ3) is 4.89. The van der Waals surface area contributed by atoms with Gasteiger partial charge in [0.1, 0.15) is 12.4 Å². The average Bonchev–Trinajstić information content (AvgIpc) is 3.15. The maximum Gasteiger partial charge on any atom is 0.249 e. The highest BCUT2D eigenvalue weighted by molar-refractivity contribution is 5.95. The molecule has 2 aromatic carbocycles. The zero-order chi connectivity index (χ0) is 22.0. The van der Waals surface area contributed by atoms with Crippen LogP contribution in [-0.4, -0.2) is 41.1 Å². The lowest BCUT2D eigenvalue weighted by Crippen LogP contribution is -2.44. The quantitative estimate of drug-likeness (QED) is 0.499. The van der Waals surface area contributed by atoms with Crippen LogP contribution in [0.5, 0.6) is 5.75 Å². The highest BCUT2D eigenvalue weighted by Crippen LogP contribution is 2.32. The fourth-order valence-corrected chi connectivity index (χ4v) is 4.45. The van der Waals surface area contributed by atoms with Crippen LogP contribution < -0.4 is 10.5 Å². The van der Waals surface area contributed by atoms with Crippen LogP contribution in [0.15, 0.2) is 42.6 Å². The number of hydrogen-bond acceptors (Lipinski definition) is 3. The van der Waals surface area contributed by atoms with Gasteiger partial charge in [0.15, 0.2) is 11.6 Å². The van der Waals surface area contributed by atoms with E-state index >= 15 is 0 Å². The SMILES string of the molecule is CCN(CCCCn1ccc2ccc(F)cc21)C1COc2c(F)ccc(C(N)=O)c2C1.Cl. The molecule has 3 aromatic rings. The number of likely N-dealkylation sites (N-methyl/N-ethyl adjacent to an activating group) is 1. The Balaban J connectivity index is 0.00000289. The molecule has 1 aliphatic heterocycles. The maximum absolute atomic E-state index is 14.1. The van der Waals surface area contributed by atoms with Crippen LogP contribution >= 0.6 is 12.4 Å². The molecule has 8 heteroatoms. The summed E-state index contributed by atoms with van der Waals surface area (Å²) in [5.74, 6) is -1.11. The number of carbonyl (C=O) groups is 1. The smallest absolute Gasteiger partial charge is 0.249 e. The Labute approximate surface area is 192 Å². The number of carbonyl (C=O) groups excluding carboxylic acids is 1.